The second kappa shape index (κ2) is 7.63. The van der Waals surface area contributed by atoms with Crippen molar-refractivity contribution in [3.8, 4) is 5.69 Å². The number of aromatic nitrogens is 2. The van der Waals surface area contributed by atoms with E-state index in [1.54, 1.807) is 17.5 Å². The first-order valence-electron chi connectivity index (χ1n) is 9.98. The number of carbonyl (C=O) groups excluding carboxylic acids is 1. The van der Waals surface area contributed by atoms with Crippen LogP contribution in [-0.2, 0) is 11.3 Å². The van der Waals surface area contributed by atoms with Crippen LogP contribution in [0.15, 0.2) is 39.2 Å². The summed E-state index contributed by atoms with van der Waals surface area (Å²) in [5.74, 6) is -0.0721. The standard InChI is InChI=1S/C22H25N3O3S/c1-14-7-8-17(12-15(14)2)25-21(27)20-18(9-11-29-20)24(22(25)28)13-19(26)23-10-5-4-6-16(23)3/h7-9,11-12,16H,4-6,10,13H2,1-3H3/t16-/m0/s1. The number of rotatable bonds is 3. The summed E-state index contributed by atoms with van der Waals surface area (Å²) in [6, 6.07) is 7.45. The minimum Gasteiger partial charge on any atom is -0.338 e. The highest BCUT2D eigenvalue weighted by Crippen LogP contribution is 2.20. The summed E-state index contributed by atoms with van der Waals surface area (Å²) in [6.07, 6.45) is 3.09. The lowest BCUT2D eigenvalue weighted by Gasteiger charge is -2.33. The maximum atomic E-state index is 13.4. The van der Waals surface area contributed by atoms with Gasteiger partial charge in [0.1, 0.15) is 11.2 Å². The number of aryl methyl sites for hydroxylation is 2. The Morgan fingerprint density at radius 3 is 2.66 bits per heavy atom. The molecule has 1 aromatic carbocycles. The van der Waals surface area contributed by atoms with Gasteiger partial charge in [0.25, 0.3) is 5.56 Å². The summed E-state index contributed by atoms with van der Waals surface area (Å²) >= 11 is 1.30. The zero-order valence-corrected chi connectivity index (χ0v) is 17.8. The molecule has 1 fully saturated rings. The largest absolute Gasteiger partial charge is 0.338 e. The fourth-order valence-corrected chi connectivity index (χ4v) is 4.85. The summed E-state index contributed by atoms with van der Waals surface area (Å²) in [5, 5.41) is 1.79. The van der Waals surface area contributed by atoms with Gasteiger partial charge in [0.2, 0.25) is 5.91 Å². The third-order valence-corrected chi connectivity index (χ3v) is 6.81. The summed E-state index contributed by atoms with van der Waals surface area (Å²) in [7, 11) is 0. The number of hydrogen-bond donors (Lipinski definition) is 0. The van der Waals surface area contributed by atoms with Crippen LogP contribution >= 0.6 is 11.3 Å². The molecule has 0 spiro atoms. The number of nitrogens with zero attached hydrogens (tertiary/aromatic N) is 3. The van der Waals surface area contributed by atoms with Crippen LogP contribution in [0.25, 0.3) is 15.9 Å². The van der Waals surface area contributed by atoms with E-state index in [2.05, 4.69) is 6.92 Å². The number of benzene rings is 1. The highest BCUT2D eigenvalue weighted by atomic mass is 32.1. The van der Waals surface area contributed by atoms with Crippen molar-refractivity contribution in [2.45, 2.75) is 52.6 Å². The molecule has 1 atom stereocenters. The highest BCUT2D eigenvalue weighted by molar-refractivity contribution is 7.17. The van der Waals surface area contributed by atoms with E-state index in [9.17, 15) is 14.4 Å². The number of amides is 1. The molecule has 0 aliphatic carbocycles. The highest BCUT2D eigenvalue weighted by Gasteiger charge is 2.25. The Morgan fingerprint density at radius 1 is 1.14 bits per heavy atom. The van der Waals surface area contributed by atoms with E-state index >= 15 is 0 Å². The first-order valence-corrected chi connectivity index (χ1v) is 10.9. The van der Waals surface area contributed by atoms with Gasteiger partial charge in [-0.3, -0.25) is 14.2 Å². The number of carbonyl (C=O) groups is 1. The van der Waals surface area contributed by atoms with Crippen molar-refractivity contribution in [2.24, 2.45) is 0 Å². The van der Waals surface area contributed by atoms with E-state index in [1.165, 1.54) is 20.5 Å². The molecule has 0 saturated carbocycles. The van der Waals surface area contributed by atoms with Gasteiger partial charge in [0.05, 0.1) is 11.2 Å². The van der Waals surface area contributed by atoms with Crippen LogP contribution in [0.2, 0.25) is 0 Å². The van der Waals surface area contributed by atoms with Gasteiger partial charge in [-0.2, -0.15) is 0 Å². The third kappa shape index (κ3) is 3.44. The SMILES string of the molecule is Cc1ccc(-n2c(=O)c3sccc3n(CC(=O)N3CCCC[C@@H]3C)c2=O)cc1C. The first kappa shape index (κ1) is 19.6. The van der Waals surface area contributed by atoms with Crippen LogP contribution in [-0.4, -0.2) is 32.5 Å². The Hall–Kier alpha value is -2.67. The van der Waals surface area contributed by atoms with Gasteiger partial charge in [-0.1, -0.05) is 6.07 Å². The van der Waals surface area contributed by atoms with E-state index in [-0.39, 0.29) is 24.1 Å². The molecule has 1 aliphatic heterocycles. The Bertz CT molecular complexity index is 1200. The van der Waals surface area contributed by atoms with E-state index in [0.717, 1.165) is 36.9 Å². The third-order valence-electron chi connectivity index (χ3n) is 5.92. The number of likely N-dealkylation sites (tertiary alicyclic amines) is 1. The second-order valence-corrected chi connectivity index (χ2v) is 8.76. The number of thiophene rings is 1. The lowest BCUT2D eigenvalue weighted by Crippen LogP contribution is -2.46. The van der Waals surface area contributed by atoms with Gasteiger partial charge in [-0.05, 0) is 74.7 Å². The molecule has 1 aliphatic rings. The number of hydrogen-bond acceptors (Lipinski definition) is 4. The molecule has 0 radical (unpaired) electrons. The molecule has 4 rings (SSSR count). The molecule has 1 saturated heterocycles. The predicted molar refractivity (Wildman–Crippen MR) is 116 cm³/mol. The molecule has 3 heterocycles. The van der Waals surface area contributed by atoms with E-state index in [4.69, 9.17) is 0 Å². The number of piperidine rings is 1. The number of fused-ring (bicyclic) bond motifs is 1. The fourth-order valence-electron chi connectivity index (χ4n) is 4.03. The molecule has 0 N–H and O–H groups in total. The van der Waals surface area contributed by atoms with Crippen LogP contribution in [0, 0.1) is 13.8 Å². The maximum Gasteiger partial charge on any atom is 0.336 e. The molecule has 0 bridgehead atoms. The summed E-state index contributed by atoms with van der Waals surface area (Å²) in [5.41, 5.74) is 2.35. The van der Waals surface area contributed by atoms with Crippen LogP contribution < -0.4 is 11.2 Å². The predicted octanol–water partition coefficient (Wildman–Crippen LogP) is 3.23. The van der Waals surface area contributed by atoms with Gasteiger partial charge < -0.3 is 4.90 Å². The van der Waals surface area contributed by atoms with E-state index < -0.39 is 5.69 Å². The van der Waals surface area contributed by atoms with E-state index in [0.29, 0.717) is 15.9 Å². The van der Waals surface area contributed by atoms with Gasteiger partial charge in [0.15, 0.2) is 0 Å². The van der Waals surface area contributed by atoms with Crippen LogP contribution in [0.5, 0.6) is 0 Å². The normalized spacial score (nSPS) is 17.1. The topological polar surface area (TPSA) is 64.3 Å². The molecule has 7 heteroatoms. The van der Waals surface area contributed by atoms with Crippen molar-refractivity contribution < 1.29 is 4.79 Å². The van der Waals surface area contributed by atoms with Crippen LogP contribution in [0.4, 0.5) is 0 Å². The Morgan fingerprint density at radius 2 is 1.93 bits per heavy atom. The zero-order valence-electron chi connectivity index (χ0n) is 17.0. The van der Waals surface area contributed by atoms with Gasteiger partial charge in [0, 0.05) is 12.6 Å². The monoisotopic (exact) mass is 411 g/mol. The van der Waals surface area contributed by atoms with Crippen molar-refractivity contribution in [2.75, 3.05) is 6.54 Å². The molecule has 29 heavy (non-hydrogen) atoms. The lowest BCUT2D eigenvalue weighted by molar-refractivity contribution is -0.135. The average Bonchev–Trinajstić information content (AvgIpc) is 3.18. The zero-order chi connectivity index (χ0) is 20.7. The van der Waals surface area contributed by atoms with Crippen molar-refractivity contribution in [3.05, 3.63) is 61.6 Å². The Balaban J connectivity index is 1.85. The molecule has 152 valence electrons. The quantitative estimate of drug-likeness (QED) is 0.665. The van der Waals surface area contributed by atoms with Gasteiger partial charge >= 0.3 is 5.69 Å². The minimum absolute atomic E-state index is 0.0540. The van der Waals surface area contributed by atoms with Crippen molar-refractivity contribution >= 4 is 27.5 Å². The molecule has 6 nitrogen and oxygen atoms in total. The second-order valence-electron chi connectivity index (χ2n) is 7.84. The molecule has 1 amide bonds. The lowest BCUT2D eigenvalue weighted by atomic mass is 10.0. The molecule has 3 aromatic rings. The van der Waals surface area contributed by atoms with Crippen molar-refractivity contribution in [1.82, 2.24) is 14.0 Å². The molecular formula is C22H25N3O3S. The molecular weight excluding hydrogens is 386 g/mol. The first-order chi connectivity index (χ1) is 13.9. The maximum absolute atomic E-state index is 13.4. The van der Waals surface area contributed by atoms with Crippen molar-refractivity contribution in [1.29, 1.82) is 0 Å². The summed E-state index contributed by atoms with van der Waals surface area (Å²) < 4.78 is 3.13. The van der Waals surface area contributed by atoms with Gasteiger partial charge in [-0.15, -0.1) is 11.3 Å². The van der Waals surface area contributed by atoms with Gasteiger partial charge in [-0.25, -0.2) is 9.36 Å². The van der Waals surface area contributed by atoms with Crippen LogP contribution in [0.1, 0.15) is 37.3 Å². The summed E-state index contributed by atoms with van der Waals surface area (Å²) in [6.45, 7) is 6.66. The molecule has 0 unspecified atom stereocenters. The molecule has 2 aromatic heterocycles. The summed E-state index contributed by atoms with van der Waals surface area (Å²) in [4.78, 5) is 41.3. The fraction of sp³-hybridized carbons (Fsp3) is 0.409. The Kier molecular flexibility index (Phi) is 5.17. The smallest absolute Gasteiger partial charge is 0.336 e. The minimum atomic E-state index is -0.470. The average molecular weight is 412 g/mol. The Labute approximate surface area is 173 Å². The van der Waals surface area contributed by atoms with Crippen molar-refractivity contribution in [3.63, 3.8) is 0 Å². The van der Waals surface area contributed by atoms with E-state index in [1.807, 2.05) is 30.9 Å². The van der Waals surface area contributed by atoms with Crippen LogP contribution in [0.3, 0.4) is 0 Å².